The van der Waals surface area contributed by atoms with Crippen molar-refractivity contribution in [3.05, 3.63) is 54.1 Å². The van der Waals surface area contributed by atoms with Crippen LogP contribution in [0.5, 0.6) is 0 Å². The minimum Gasteiger partial charge on any atom is -0.361 e. The minimum atomic E-state index is -0.466. The van der Waals surface area contributed by atoms with Crippen LogP contribution < -0.4 is 5.32 Å². The van der Waals surface area contributed by atoms with Crippen molar-refractivity contribution in [2.75, 3.05) is 0 Å². The van der Waals surface area contributed by atoms with Crippen LogP contribution in [0.2, 0.25) is 0 Å². The molecule has 0 saturated heterocycles. The van der Waals surface area contributed by atoms with E-state index in [0.29, 0.717) is 16.8 Å². The summed E-state index contributed by atoms with van der Waals surface area (Å²) < 4.78 is 14.9. The van der Waals surface area contributed by atoms with Crippen molar-refractivity contribution >= 4 is 16.8 Å². The fourth-order valence-corrected chi connectivity index (χ4v) is 4.90. The van der Waals surface area contributed by atoms with Crippen LogP contribution in [0.15, 0.2) is 42.7 Å². The normalized spacial score (nSPS) is 25.7. The monoisotopic (exact) mass is 388 g/mol. The summed E-state index contributed by atoms with van der Waals surface area (Å²) in [6.07, 6.45) is 8.34. The zero-order valence-electron chi connectivity index (χ0n) is 16.0. The summed E-state index contributed by atoms with van der Waals surface area (Å²) in [6.45, 7) is 0. The molecule has 2 N–H and O–H groups in total. The van der Waals surface area contributed by atoms with Gasteiger partial charge in [0.1, 0.15) is 5.82 Å². The molecule has 3 saturated carbocycles. The highest BCUT2D eigenvalue weighted by Gasteiger charge is 2.49. The molecule has 0 spiro atoms. The number of carbonyl (C=O) groups is 1. The predicted octanol–water partition coefficient (Wildman–Crippen LogP) is 4.72. The molecule has 0 aliphatic heterocycles. The summed E-state index contributed by atoms with van der Waals surface area (Å²) in [5.41, 5.74) is 1.66. The number of nitrogens with zero attached hydrogens (tertiary/aromatic N) is 2. The van der Waals surface area contributed by atoms with Crippen LogP contribution in [0.1, 0.15) is 48.9 Å². The van der Waals surface area contributed by atoms with Gasteiger partial charge in [-0.15, -0.1) is 0 Å². The van der Waals surface area contributed by atoms with Gasteiger partial charge >= 0.3 is 0 Å². The standard InChI is InChI=1S/C23H21FN4O/c24-18-13-15(1-2-16(18)20-17-3-11-26-19(17)4-12-27-20)21(29)28-23-8-5-22(14-25,6-9-23)7-10-23/h1-4,11-13,26H,5-10H2,(H,28,29). The number of rotatable bonds is 3. The number of aromatic amines is 1. The van der Waals surface area contributed by atoms with Gasteiger partial charge < -0.3 is 10.3 Å². The molecule has 2 heterocycles. The Morgan fingerprint density at radius 2 is 1.90 bits per heavy atom. The quantitative estimate of drug-likeness (QED) is 0.681. The highest BCUT2D eigenvalue weighted by molar-refractivity contribution is 5.97. The van der Waals surface area contributed by atoms with Crippen molar-refractivity contribution in [2.45, 2.75) is 44.1 Å². The first kappa shape index (κ1) is 17.9. The predicted molar refractivity (Wildman–Crippen MR) is 107 cm³/mol. The Bertz CT molecular complexity index is 1130. The maximum Gasteiger partial charge on any atom is 0.251 e. The van der Waals surface area contributed by atoms with Gasteiger partial charge in [-0.3, -0.25) is 9.78 Å². The van der Waals surface area contributed by atoms with Crippen molar-refractivity contribution in [3.63, 3.8) is 0 Å². The second-order valence-corrected chi connectivity index (χ2v) is 8.42. The second-order valence-electron chi connectivity index (χ2n) is 8.42. The molecule has 6 heteroatoms. The molecule has 3 aliphatic rings. The van der Waals surface area contributed by atoms with Crippen LogP contribution in [-0.4, -0.2) is 21.4 Å². The largest absolute Gasteiger partial charge is 0.361 e. The van der Waals surface area contributed by atoms with Crippen LogP contribution in [0.4, 0.5) is 4.39 Å². The van der Waals surface area contributed by atoms with E-state index in [1.54, 1.807) is 24.5 Å². The third kappa shape index (κ3) is 2.89. The van der Waals surface area contributed by atoms with Gasteiger partial charge in [-0.1, -0.05) is 0 Å². The van der Waals surface area contributed by atoms with Gasteiger partial charge in [0, 0.05) is 40.0 Å². The molecule has 2 bridgehead atoms. The van der Waals surface area contributed by atoms with E-state index in [-0.39, 0.29) is 16.9 Å². The molecular weight excluding hydrogens is 367 g/mol. The van der Waals surface area contributed by atoms with Crippen molar-refractivity contribution in [2.24, 2.45) is 5.41 Å². The first-order valence-electron chi connectivity index (χ1n) is 9.99. The van der Waals surface area contributed by atoms with E-state index in [1.807, 2.05) is 12.1 Å². The Morgan fingerprint density at radius 3 is 2.59 bits per heavy atom. The lowest BCUT2D eigenvalue weighted by molar-refractivity contribution is 0.0521. The molecule has 1 amide bonds. The summed E-state index contributed by atoms with van der Waals surface area (Å²) in [5.74, 6) is -0.721. The number of carbonyl (C=O) groups excluding carboxylic acids is 1. The number of pyridine rings is 1. The number of hydrogen-bond acceptors (Lipinski definition) is 3. The Morgan fingerprint density at radius 1 is 1.14 bits per heavy atom. The van der Waals surface area contributed by atoms with E-state index in [4.69, 9.17) is 0 Å². The lowest BCUT2D eigenvalue weighted by Gasteiger charge is -2.50. The summed E-state index contributed by atoms with van der Waals surface area (Å²) in [6, 6.07) is 10.8. The van der Waals surface area contributed by atoms with Gasteiger partial charge in [0.05, 0.1) is 17.2 Å². The van der Waals surface area contributed by atoms with Crippen molar-refractivity contribution in [1.82, 2.24) is 15.3 Å². The molecule has 3 aromatic rings. The Balaban J connectivity index is 1.39. The van der Waals surface area contributed by atoms with E-state index < -0.39 is 5.82 Å². The lowest BCUT2D eigenvalue weighted by atomic mass is 9.58. The number of nitrogens with one attached hydrogen (secondary N) is 2. The summed E-state index contributed by atoms with van der Waals surface area (Å²) in [7, 11) is 0. The summed E-state index contributed by atoms with van der Waals surface area (Å²) in [4.78, 5) is 20.3. The van der Waals surface area contributed by atoms with Crippen LogP contribution in [0.3, 0.4) is 0 Å². The van der Waals surface area contributed by atoms with Gasteiger partial charge in [-0.05, 0) is 68.9 Å². The molecule has 3 aliphatic carbocycles. The number of amides is 1. The molecule has 29 heavy (non-hydrogen) atoms. The van der Waals surface area contributed by atoms with Gasteiger partial charge in [0.25, 0.3) is 5.91 Å². The molecule has 5 nitrogen and oxygen atoms in total. The summed E-state index contributed by atoms with van der Waals surface area (Å²) >= 11 is 0. The molecule has 6 rings (SSSR count). The Hall–Kier alpha value is -3.20. The van der Waals surface area contributed by atoms with Crippen LogP contribution >= 0.6 is 0 Å². The first-order chi connectivity index (χ1) is 14.0. The third-order valence-corrected chi connectivity index (χ3v) is 6.83. The minimum absolute atomic E-state index is 0.202. The smallest absolute Gasteiger partial charge is 0.251 e. The topological polar surface area (TPSA) is 81.6 Å². The Kier molecular flexibility index (Phi) is 3.95. The number of benzene rings is 1. The maximum absolute atomic E-state index is 14.9. The van der Waals surface area contributed by atoms with E-state index in [0.717, 1.165) is 49.4 Å². The van der Waals surface area contributed by atoms with Crippen LogP contribution in [-0.2, 0) is 0 Å². The molecule has 0 unspecified atom stereocenters. The zero-order valence-corrected chi connectivity index (χ0v) is 16.0. The second kappa shape index (κ2) is 6.41. The van der Waals surface area contributed by atoms with Gasteiger partial charge in [-0.25, -0.2) is 4.39 Å². The maximum atomic E-state index is 14.9. The number of H-pyrrole nitrogens is 1. The first-order valence-corrected chi connectivity index (χ1v) is 9.99. The molecule has 0 atom stereocenters. The van der Waals surface area contributed by atoms with Gasteiger partial charge in [0.15, 0.2) is 0 Å². The summed E-state index contributed by atoms with van der Waals surface area (Å²) in [5, 5.41) is 13.4. The van der Waals surface area contributed by atoms with Crippen molar-refractivity contribution in [3.8, 4) is 17.3 Å². The number of aromatic nitrogens is 2. The van der Waals surface area contributed by atoms with Gasteiger partial charge in [-0.2, -0.15) is 5.26 Å². The molecular formula is C23H21FN4O. The van der Waals surface area contributed by atoms with E-state index in [2.05, 4.69) is 21.4 Å². The molecule has 1 aromatic carbocycles. The van der Waals surface area contributed by atoms with E-state index in [1.165, 1.54) is 6.07 Å². The number of halogens is 1. The SMILES string of the molecule is N#CC12CCC(NC(=O)c3ccc(-c4nccc5[nH]ccc45)c(F)c3)(CC1)CC2. The van der Waals surface area contributed by atoms with E-state index >= 15 is 0 Å². The number of fused-ring (bicyclic) bond motifs is 4. The lowest BCUT2D eigenvalue weighted by Crippen LogP contribution is -2.56. The van der Waals surface area contributed by atoms with Crippen molar-refractivity contribution in [1.29, 1.82) is 5.26 Å². The highest BCUT2D eigenvalue weighted by atomic mass is 19.1. The van der Waals surface area contributed by atoms with Crippen LogP contribution in [0, 0.1) is 22.6 Å². The van der Waals surface area contributed by atoms with E-state index in [9.17, 15) is 14.4 Å². The average molecular weight is 388 g/mol. The van der Waals surface area contributed by atoms with Gasteiger partial charge in [0.2, 0.25) is 0 Å². The Labute approximate surface area is 168 Å². The fourth-order valence-electron chi connectivity index (χ4n) is 4.90. The molecule has 146 valence electrons. The van der Waals surface area contributed by atoms with Crippen LogP contribution in [0.25, 0.3) is 22.2 Å². The molecule has 3 fully saturated rings. The highest BCUT2D eigenvalue weighted by Crippen LogP contribution is 2.52. The fraction of sp³-hybridized carbons (Fsp3) is 0.348. The molecule has 0 radical (unpaired) electrons. The van der Waals surface area contributed by atoms with Crippen molar-refractivity contribution < 1.29 is 9.18 Å². The third-order valence-electron chi connectivity index (χ3n) is 6.83. The average Bonchev–Trinajstić information content (AvgIpc) is 3.24. The number of nitriles is 1. The number of hydrogen-bond donors (Lipinski definition) is 2. The molecule has 2 aromatic heterocycles. The zero-order chi connectivity index (χ0) is 20.1.